The highest BCUT2D eigenvalue weighted by molar-refractivity contribution is 5.97. The van der Waals surface area contributed by atoms with E-state index >= 15 is 0 Å². The molecule has 1 aliphatic heterocycles. The summed E-state index contributed by atoms with van der Waals surface area (Å²) >= 11 is 0. The standard InChI is InChI=1S/C18H20FN3O2/c1-24-16-8-7-13(19)11-15(16)18(23)21-14-5-4-10-22(12-14)17-6-2-3-9-20-17/h2-3,6-9,11,14H,4-5,10,12H2,1H3,(H,21,23)/t14-/m1/s1. The average Bonchev–Trinajstić information content (AvgIpc) is 2.62. The number of rotatable bonds is 4. The van der Waals surface area contributed by atoms with Crippen LogP contribution in [0.1, 0.15) is 23.2 Å². The van der Waals surface area contributed by atoms with Gasteiger partial charge in [-0.05, 0) is 43.2 Å². The third-order valence-electron chi connectivity index (χ3n) is 4.14. The van der Waals surface area contributed by atoms with E-state index < -0.39 is 5.82 Å². The third kappa shape index (κ3) is 3.64. The summed E-state index contributed by atoms with van der Waals surface area (Å²) in [6.45, 7) is 1.59. The van der Waals surface area contributed by atoms with E-state index in [-0.39, 0.29) is 17.5 Å². The highest BCUT2D eigenvalue weighted by Gasteiger charge is 2.24. The lowest BCUT2D eigenvalue weighted by Gasteiger charge is -2.34. The van der Waals surface area contributed by atoms with E-state index in [1.54, 1.807) is 6.20 Å². The molecule has 6 heteroatoms. The van der Waals surface area contributed by atoms with Crippen molar-refractivity contribution in [1.29, 1.82) is 0 Å². The van der Waals surface area contributed by atoms with Gasteiger partial charge in [-0.15, -0.1) is 0 Å². The predicted octanol–water partition coefficient (Wildman–Crippen LogP) is 2.63. The van der Waals surface area contributed by atoms with Crippen molar-refractivity contribution in [1.82, 2.24) is 10.3 Å². The number of nitrogens with one attached hydrogen (secondary N) is 1. The number of pyridine rings is 1. The molecule has 0 bridgehead atoms. The molecule has 1 saturated heterocycles. The molecule has 24 heavy (non-hydrogen) atoms. The van der Waals surface area contributed by atoms with Crippen molar-refractivity contribution in [2.75, 3.05) is 25.1 Å². The SMILES string of the molecule is COc1ccc(F)cc1C(=O)N[C@@H]1CCCN(c2ccccn2)C1. The molecule has 1 aromatic heterocycles. The number of aromatic nitrogens is 1. The minimum atomic E-state index is -0.459. The summed E-state index contributed by atoms with van der Waals surface area (Å²) in [5.41, 5.74) is 0.215. The van der Waals surface area contributed by atoms with E-state index in [1.165, 1.54) is 25.3 Å². The number of ether oxygens (including phenoxy) is 1. The Kier molecular flexibility index (Phi) is 4.93. The van der Waals surface area contributed by atoms with Gasteiger partial charge in [0.15, 0.2) is 0 Å². The third-order valence-corrected chi connectivity index (χ3v) is 4.14. The number of amides is 1. The van der Waals surface area contributed by atoms with E-state index in [2.05, 4.69) is 15.2 Å². The molecule has 2 heterocycles. The Labute approximate surface area is 140 Å². The Hall–Kier alpha value is -2.63. The van der Waals surface area contributed by atoms with Gasteiger partial charge in [0.2, 0.25) is 0 Å². The number of hydrogen-bond acceptors (Lipinski definition) is 4. The number of nitrogens with zero attached hydrogens (tertiary/aromatic N) is 2. The number of carbonyl (C=O) groups excluding carboxylic acids is 1. The fourth-order valence-corrected chi connectivity index (χ4v) is 2.96. The Bertz CT molecular complexity index is 709. The van der Waals surface area contributed by atoms with Crippen molar-refractivity contribution in [2.24, 2.45) is 0 Å². The van der Waals surface area contributed by atoms with Crippen LogP contribution >= 0.6 is 0 Å². The Balaban J connectivity index is 1.69. The first-order chi connectivity index (χ1) is 11.7. The number of hydrogen-bond donors (Lipinski definition) is 1. The fourth-order valence-electron chi connectivity index (χ4n) is 2.96. The molecule has 0 saturated carbocycles. The van der Waals surface area contributed by atoms with Crippen LogP contribution in [0.15, 0.2) is 42.6 Å². The molecule has 3 rings (SSSR count). The molecule has 0 spiro atoms. The minimum Gasteiger partial charge on any atom is -0.496 e. The Morgan fingerprint density at radius 1 is 1.38 bits per heavy atom. The summed E-state index contributed by atoms with van der Waals surface area (Å²) in [4.78, 5) is 19.0. The van der Waals surface area contributed by atoms with Crippen molar-refractivity contribution >= 4 is 11.7 Å². The Morgan fingerprint density at radius 2 is 2.25 bits per heavy atom. The van der Waals surface area contributed by atoms with Gasteiger partial charge >= 0.3 is 0 Å². The normalized spacial score (nSPS) is 17.4. The number of anilines is 1. The van der Waals surface area contributed by atoms with E-state index in [9.17, 15) is 9.18 Å². The molecule has 1 amide bonds. The van der Waals surface area contributed by atoms with Crippen LogP contribution in [0.2, 0.25) is 0 Å². The topological polar surface area (TPSA) is 54.5 Å². The maximum absolute atomic E-state index is 13.5. The smallest absolute Gasteiger partial charge is 0.255 e. The van der Waals surface area contributed by atoms with Crippen LogP contribution < -0.4 is 15.0 Å². The largest absolute Gasteiger partial charge is 0.496 e. The quantitative estimate of drug-likeness (QED) is 0.937. The highest BCUT2D eigenvalue weighted by Crippen LogP contribution is 2.21. The maximum Gasteiger partial charge on any atom is 0.255 e. The minimum absolute atomic E-state index is 0.0128. The van der Waals surface area contributed by atoms with Crippen LogP contribution in [0.25, 0.3) is 0 Å². The first kappa shape index (κ1) is 16.2. The first-order valence-electron chi connectivity index (χ1n) is 7.98. The van der Waals surface area contributed by atoms with Crippen LogP contribution in [0, 0.1) is 5.82 Å². The molecule has 1 fully saturated rings. The number of piperidine rings is 1. The Morgan fingerprint density at radius 3 is 3.00 bits per heavy atom. The highest BCUT2D eigenvalue weighted by atomic mass is 19.1. The maximum atomic E-state index is 13.5. The van der Waals surface area contributed by atoms with Crippen LogP contribution in [0.3, 0.4) is 0 Å². The van der Waals surface area contributed by atoms with Crippen LogP contribution in [-0.4, -0.2) is 37.1 Å². The molecule has 2 aromatic rings. The van der Waals surface area contributed by atoms with Crippen molar-refractivity contribution in [3.8, 4) is 5.75 Å². The van der Waals surface area contributed by atoms with Crippen LogP contribution in [0.5, 0.6) is 5.75 Å². The predicted molar refractivity (Wildman–Crippen MR) is 89.9 cm³/mol. The van der Waals surface area contributed by atoms with Gasteiger partial charge in [0, 0.05) is 25.3 Å². The summed E-state index contributed by atoms with van der Waals surface area (Å²) in [7, 11) is 1.47. The second-order valence-electron chi connectivity index (χ2n) is 5.79. The van der Waals surface area contributed by atoms with Crippen LogP contribution in [-0.2, 0) is 0 Å². The molecule has 0 aliphatic carbocycles. The van der Waals surface area contributed by atoms with Gasteiger partial charge in [0.25, 0.3) is 5.91 Å². The van der Waals surface area contributed by atoms with Gasteiger partial charge in [-0.1, -0.05) is 6.07 Å². The van der Waals surface area contributed by atoms with Gasteiger partial charge in [0.05, 0.1) is 12.7 Å². The van der Waals surface area contributed by atoms with E-state index in [4.69, 9.17) is 4.74 Å². The lowest BCUT2D eigenvalue weighted by molar-refractivity contribution is 0.0929. The lowest BCUT2D eigenvalue weighted by Crippen LogP contribution is -2.48. The fraction of sp³-hybridized carbons (Fsp3) is 0.333. The van der Waals surface area contributed by atoms with Gasteiger partial charge in [-0.3, -0.25) is 4.79 Å². The molecule has 1 aromatic carbocycles. The van der Waals surface area contributed by atoms with E-state index in [0.717, 1.165) is 25.2 Å². The zero-order valence-electron chi connectivity index (χ0n) is 13.5. The second-order valence-corrected chi connectivity index (χ2v) is 5.79. The molecule has 5 nitrogen and oxygen atoms in total. The summed E-state index contributed by atoms with van der Waals surface area (Å²) in [6, 6.07) is 9.71. The first-order valence-corrected chi connectivity index (χ1v) is 7.98. The number of carbonyl (C=O) groups is 1. The zero-order valence-corrected chi connectivity index (χ0v) is 13.5. The molecular weight excluding hydrogens is 309 g/mol. The van der Waals surface area contributed by atoms with Crippen molar-refractivity contribution in [2.45, 2.75) is 18.9 Å². The molecule has 1 N–H and O–H groups in total. The molecular formula is C18H20FN3O2. The van der Waals surface area contributed by atoms with E-state index in [0.29, 0.717) is 12.3 Å². The second kappa shape index (κ2) is 7.29. The lowest BCUT2D eigenvalue weighted by atomic mass is 10.0. The zero-order chi connectivity index (χ0) is 16.9. The van der Waals surface area contributed by atoms with Crippen molar-refractivity contribution < 1.29 is 13.9 Å². The van der Waals surface area contributed by atoms with Gasteiger partial charge in [-0.25, -0.2) is 9.37 Å². The molecule has 0 unspecified atom stereocenters. The summed E-state index contributed by atoms with van der Waals surface area (Å²) in [5, 5.41) is 2.98. The van der Waals surface area contributed by atoms with Gasteiger partial charge in [0.1, 0.15) is 17.4 Å². The number of benzene rings is 1. The monoisotopic (exact) mass is 329 g/mol. The average molecular weight is 329 g/mol. The number of halogens is 1. The molecule has 1 aliphatic rings. The van der Waals surface area contributed by atoms with Crippen molar-refractivity contribution in [3.63, 3.8) is 0 Å². The number of methoxy groups -OCH3 is 1. The van der Waals surface area contributed by atoms with Crippen molar-refractivity contribution in [3.05, 3.63) is 54.0 Å². The molecule has 1 atom stereocenters. The van der Waals surface area contributed by atoms with Gasteiger partial charge < -0.3 is 15.0 Å². The summed E-state index contributed by atoms with van der Waals surface area (Å²) in [6.07, 6.45) is 3.60. The van der Waals surface area contributed by atoms with Gasteiger partial charge in [-0.2, -0.15) is 0 Å². The van der Waals surface area contributed by atoms with E-state index in [1.807, 2.05) is 18.2 Å². The molecule has 0 radical (unpaired) electrons. The molecule has 126 valence electrons. The van der Waals surface area contributed by atoms with Crippen LogP contribution in [0.4, 0.5) is 10.2 Å². The summed E-state index contributed by atoms with van der Waals surface area (Å²) < 4.78 is 18.6. The summed E-state index contributed by atoms with van der Waals surface area (Å²) in [5.74, 6) is 0.491.